The van der Waals surface area contributed by atoms with Gasteiger partial charge in [0.05, 0.1) is 6.04 Å². The van der Waals surface area contributed by atoms with Gasteiger partial charge < -0.3 is 10.2 Å². The second-order valence-electron chi connectivity index (χ2n) is 6.94. The number of piperazine rings is 2. The number of aryl methyl sites for hydroxylation is 1. The van der Waals surface area contributed by atoms with Crippen molar-refractivity contribution in [1.82, 2.24) is 20.0 Å². The fraction of sp³-hybridized carbons (Fsp3) is 0.765. The fourth-order valence-corrected chi connectivity index (χ4v) is 4.66. The quantitative estimate of drug-likeness (QED) is 0.910. The van der Waals surface area contributed by atoms with E-state index in [0.29, 0.717) is 12.1 Å². The average molecular weight is 323 g/mol. The molecule has 2 aliphatic rings. The molecule has 1 aromatic heterocycles. The molecule has 2 unspecified atom stereocenters. The molecule has 0 aromatic carbocycles. The van der Waals surface area contributed by atoms with Crippen LogP contribution in [0.25, 0.3) is 0 Å². The Morgan fingerprint density at radius 3 is 2.68 bits per heavy atom. The topological polar surface area (TPSA) is 21.8 Å². The van der Waals surface area contributed by atoms with Crippen LogP contribution in [0.3, 0.4) is 0 Å². The molecule has 2 atom stereocenters. The predicted molar refractivity (Wildman–Crippen MR) is 94.8 cm³/mol. The molecule has 2 saturated heterocycles. The van der Waals surface area contributed by atoms with E-state index in [4.69, 9.17) is 0 Å². The zero-order chi connectivity index (χ0) is 15.5. The lowest BCUT2D eigenvalue weighted by Gasteiger charge is -2.41. The second kappa shape index (κ2) is 7.41. The first-order chi connectivity index (χ1) is 10.6. The van der Waals surface area contributed by atoms with Crippen molar-refractivity contribution in [3.05, 3.63) is 21.9 Å². The molecular weight excluding hydrogens is 292 g/mol. The van der Waals surface area contributed by atoms with E-state index in [2.05, 4.69) is 52.4 Å². The van der Waals surface area contributed by atoms with Crippen molar-refractivity contribution < 1.29 is 0 Å². The molecule has 3 heterocycles. The average Bonchev–Trinajstić information content (AvgIpc) is 2.92. The standard InChI is InChI=1S/C17H30N4S/c1-14-4-11-22-17(14)16(21-6-5-18-15(2)12-21)13-20-9-7-19(3)8-10-20/h4,11,15-16,18H,5-10,12-13H2,1-3H3. The molecular formula is C17H30N4S. The van der Waals surface area contributed by atoms with Crippen LogP contribution in [0.4, 0.5) is 0 Å². The van der Waals surface area contributed by atoms with E-state index in [-0.39, 0.29) is 0 Å². The molecule has 22 heavy (non-hydrogen) atoms. The molecule has 3 rings (SSSR count). The van der Waals surface area contributed by atoms with Gasteiger partial charge in [-0.15, -0.1) is 11.3 Å². The minimum absolute atomic E-state index is 0.563. The van der Waals surface area contributed by atoms with Crippen molar-refractivity contribution in [3.63, 3.8) is 0 Å². The van der Waals surface area contributed by atoms with Crippen LogP contribution in [0, 0.1) is 6.92 Å². The monoisotopic (exact) mass is 322 g/mol. The number of thiophene rings is 1. The summed E-state index contributed by atoms with van der Waals surface area (Å²) in [5, 5.41) is 5.83. The van der Waals surface area contributed by atoms with Gasteiger partial charge in [0.1, 0.15) is 0 Å². The number of rotatable bonds is 4. The van der Waals surface area contributed by atoms with Crippen LogP contribution in [0.15, 0.2) is 11.4 Å². The molecule has 1 N–H and O–H groups in total. The summed E-state index contributed by atoms with van der Waals surface area (Å²) in [5.41, 5.74) is 1.47. The summed E-state index contributed by atoms with van der Waals surface area (Å²) in [4.78, 5) is 9.39. The number of likely N-dealkylation sites (N-methyl/N-ethyl adjacent to an activating group) is 1. The van der Waals surface area contributed by atoms with E-state index < -0.39 is 0 Å². The van der Waals surface area contributed by atoms with Gasteiger partial charge in [0.15, 0.2) is 0 Å². The maximum atomic E-state index is 3.58. The second-order valence-corrected chi connectivity index (χ2v) is 7.89. The lowest BCUT2D eigenvalue weighted by atomic mass is 10.1. The summed E-state index contributed by atoms with van der Waals surface area (Å²) < 4.78 is 0. The third kappa shape index (κ3) is 3.89. The number of hydrogen-bond acceptors (Lipinski definition) is 5. The van der Waals surface area contributed by atoms with Crippen LogP contribution in [0.1, 0.15) is 23.4 Å². The molecule has 0 bridgehead atoms. The Morgan fingerprint density at radius 1 is 1.27 bits per heavy atom. The van der Waals surface area contributed by atoms with Gasteiger partial charge in [-0.25, -0.2) is 0 Å². The van der Waals surface area contributed by atoms with Gasteiger partial charge >= 0.3 is 0 Å². The molecule has 0 radical (unpaired) electrons. The van der Waals surface area contributed by atoms with E-state index in [1.165, 1.54) is 44.8 Å². The van der Waals surface area contributed by atoms with Gasteiger partial charge in [-0.1, -0.05) is 0 Å². The number of hydrogen-bond donors (Lipinski definition) is 1. The normalized spacial score (nSPS) is 27.1. The smallest absolute Gasteiger partial charge is 0.0572 e. The highest BCUT2D eigenvalue weighted by Crippen LogP contribution is 2.30. The summed E-state index contributed by atoms with van der Waals surface area (Å²) in [7, 11) is 2.23. The molecule has 4 nitrogen and oxygen atoms in total. The fourth-order valence-electron chi connectivity index (χ4n) is 3.61. The predicted octanol–water partition coefficient (Wildman–Crippen LogP) is 1.64. The summed E-state index contributed by atoms with van der Waals surface area (Å²) >= 11 is 1.94. The molecule has 1 aromatic rings. The zero-order valence-corrected chi connectivity index (χ0v) is 15.0. The molecule has 124 valence electrons. The van der Waals surface area contributed by atoms with E-state index in [9.17, 15) is 0 Å². The Kier molecular flexibility index (Phi) is 5.52. The molecule has 2 aliphatic heterocycles. The van der Waals surface area contributed by atoms with Crippen LogP contribution in [-0.4, -0.2) is 80.1 Å². The maximum absolute atomic E-state index is 3.58. The van der Waals surface area contributed by atoms with Crippen LogP contribution >= 0.6 is 11.3 Å². The van der Waals surface area contributed by atoms with E-state index in [1.54, 1.807) is 4.88 Å². The Balaban J connectivity index is 1.73. The molecule has 0 spiro atoms. The molecule has 2 fully saturated rings. The van der Waals surface area contributed by atoms with Crippen LogP contribution in [0.5, 0.6) is 0 Å². The molecule has 0 aliphatic carbocycles. The van der Waals surface area contributed by atoms with Gasteiger partial charge in [0.2, 0.25) is 0 Å². The summed E-state index contributed by atoms with van der Waals surface area (Å²) in [6.45, 7) is 14.0. The third-order valence-corrected chi connectivity index (χ3v) is 6.19. The van der Waals surface area contributed by atoms with Gasteiger partial charge in [-0.2, -0.15) is 0 Å². The van der Waals surface area contributed by atoms with Crippen LogP contribution in [-0.2, 0) is 0 Å². The van der Waals surface area contributed by atoms with Crippen molar-refractivity contribution in [2.45, 2.75) is 25.9 Å². The van der Waals surface area contributed by atoms with E-state index >= 15 is 0 Å². The highest BCUT2D eigenvalue weighted by Gasteiger charge is 2.29. The summed E-state index contributed by atoms with van der Waals surface area (Å²) in [5.74, 6) is 0. The van der Waals surface area contributed by atoms with Gasteiger partial charge in [0.25, 0.3) is 0 Å². The Bertz CT molecular complexity index is 467. The van der Waals surface area contributed by atoms with Crippen LogP contribution < -0.4 is 5.32 Å². The third-order valence-electron chi connectivity index (χ3n) is 5.07. The Hall–Kier alpha value is -0.460. The van der Waals surface area contributed by atoms with Gasteiger partial charge in [-0.3, -0.25) is 9.80 Å². The van der Waals surface area contributed by atoms with Gasteiger partial charge in [-0.05, 0) is 37.9 Å². The van der Waals surface area contributed by atoms with Crippen molar-refractivity contribution in [2.24, 2.45) is 0 Å². The maximum Gasteiger partial charge on any atom is 0.0572 e. The Labute approximate surface area is 139 Å². The van der Waals surface area contributed by atoms with E-state index in [0.717, 1.165) is 13.1 Å². The van der Waals surface area contributed by atoms with E-state index in [1.807, 2.05) is 11.3 Å². The SMILES string of the molecule is Cc1ccsc1C(CN1CCN(C)CC1)N1CCNC(C)C1. The summed E-state index contributed by atoms with van der Waals surface area (Å²) in [6.07, 6.45) is 0. The van der Waals surface area contributed by atoms with Crippen molar-refractivity contribution in [1.29, 1.82) is 0 Å². The minimum Gasteiger partial charge on any atom is -0.312 e. The minimum atomic E-state index is 0.563. The lowest BCUT2D eigenvalue weighted by molar-refractivity contribution is 0.0847. The highest BCUT2D eigenvalue weighted by atomic mass is 32.1. The van der Waals surface area contributed by atoms with Crippen LogP contribution in [0.2, 0.25) is 0 Å². The largest absolute Gasteiger partial charge is 0.312 e. The molecule has 0 amide bonds. The van der Waals surface area contributed by atoms with Crippen molar-refractivity contribution >= 4 is 11.3 Å². The lowest BCUT2D eigenvalue weighted by Crippen LogP contribution is -2.53. The zero-order valence-electron chi connectivity index (χ0n) is 14.2. The first kappa shape index (κ1) is 16.4. The summed E-state index contributed by atoms with van der Waals surface area (Å²) in [6, 6.07) is 3.44. The molecule has 0 saturated carbocycles. The Morgan fingerprint density at radius 2 is 2.05 bits per heavy atom. The first-order valence-electron chi connectivity index (χ1n) is 8.56. The number of nitrogens with one attached hydrogen (secondary N) is 1. The van der Waals surface area contributed by atoms with Crippen molar-refractivity contribution in [3.8, 4) is 0 Å². The first-order valence-corrected chi connectivity index (χ1v) is 9.44. The number of nitrogens with zero attached hydrogens (tertiary/aromatic N) is 3. The highest BCUT2D eigenvalue weighted by molar-refractivity contribution is 7.10. The molecule has 5 heteroatoms. The van der Waals surface area contributed by atoms with Crippen molar-refractivity contribution in [2.75, 3.05) is 59.4 Å². The van der Waals surface area contributed by atoms with Gasteiger partial charge in [0, 0.05) is 63.3 Å².